The van der Waals surface area contributed by atoms with Crippen molar-refractivity contribution in [3.8, 4) is 0 Å². The van der Waals surface area contributed by atoms with Crippen molar-refractivity contribution in [3.05, 3.63) is 0 Å². The lowest BCUT2D eigenvalue weighted by Crippen LogP contribution is -2.47. The summed E-state index contributed by atoms with van der Waals surface area (Å²) in [6, 6.07) is -0.341. The first-order valence-corrected chi connectivity index (χ1v) is 6.14. The summed E-state index contributed by atoms with van der Waals surface area (Å²) < 4.78 is 0. The molecule has 1 fully saturated rings. The van der Waals surface area contributed by atoms with E-state index < -0.39 is 0 Å². The van der Waals surface area contributed by atoms with Crippen molar-refractivity contribution >= 4 is 11.8 Å². The fourth-order valence-electron chi connectivity index (χ4n) is 1.87. The minimum atomic E-state index is -0.341. The Labute approximate surface area is 97.4 Å². The lowest BCUT2D eigenvalue weighted by molar-refractivity contribution is -0.134. The van der Waals surface area contributed by atoms with Crippen LogP contribution >= 0.6 is 0 Å². The molecule has 1 atom stereocenters. The van der Waals surface area contributed by atoms with Crippen LogP contribution in [-0.2, 0) is 9.59 Å². The molecule has 1 aliphatic rings. The van der Waals surface area contributed by atoms with Crippen molar-refractivity contribution < 1.29 is 9.59 Å². The van der Waals surface area contributed by atoms with Gasteiger partial charge in [-0.15, -0.1) is 0 Å². The van der Waals surface area contributed by atoms with E-state index in [-0.39, 0.29) is 23.8 Å². The number of hydrogen-bond donors (Lipinski definition) is 1. The average Bonchev–Trinajstić information content (AvgIpc) is 2.37. The summed E-state index contributed by atoms with van der Waals surface area (Å²) in [5.74, 6) is 0.221. The van der Waals surface area contributed by atoms with Gasteiger partial charge < -0.3 is 10.2 Å². The number of rotatable bonds is 4. The van der Waals surface area contributed by atoms with Crippen LogP contribution in [0.5, 0.6) is 0 Å². The highest BCUT2D eigenvalue weighted by molar-refractivity contribution is 5.90. The van der Waals surface area contributed by atoms with E-state index in [0.717, 1.165) is 19.4 Å². The second-order valence-corrected chi connectivity index (χ2v) is 4.72. The van der Waals surface area contributed by atoms with E-state index in [1.807, 2.05) is 18.7 Å². The van der Waals surface area contributed by atoms with E-state index in [2.05, 4.69) is 12.2 Å². The first-order chi connectivity index (χ1) is 7.56. The second-order valence-electron chi connectivity index (χ2n) is 4.72. The summed E-state index contributed by atoms with van der Waals surface area (Å²) in [4.78, 5) is 25.4. The van der Waals surface area contributed by atoms with Gasteiger partial charge in [-0.2, -0.15) is 0 Å². The van der Waals surface area contributed by atoms with Gasteiger partial charge in [-0.3, -0.25) is 9.59 Å². The Morgan fingerprint density at radius 1 is 1.44 bits per heavy atom. The molecule has 0 aromatic rings. The van der Waals surface area contributed by atoms with E-state index in [0.29, 0.717) is 13.0 Å². The van der Waals surface area contributed by atoms with Gasteiger partial charge in [0.15, 0.2) is 0 Å². The van der Waals surface area contributed by atoms with Gasteiger partial charge in [-0.1, -0.05) is 27.2 Å². The molecule has 1 unspecified atom stereocenters. The average molecular weight is 226 g/mol. The van der Waals surface area contributed by atoms with E-state index in [1.165, 1.54) is 0 Å². The minimum Gasteiger partial charge on any atom is -0.344 e. The number of nitrogens with one attached hydrogen (secondary N) is 1. The van der Waals surface area contributed by atoms with Crippen LogP contribution < -0.4 is 5.32 Å². The largest absolute Gasteiger partial charge is 0.344 e. The molecular formula is C12H22N2O2. The molecule has 1 N–H and O–H groups in total. The summed E-state index contributed by atoms with van der Waals surface area (Å²) in [5.41, 5.74) is 0. The van der Waals surface area contributed by atoms with Gasteiger partial charge in [-0.25, -0.2) is 0 Å². The van der Waals surface area contributed by atoms with E-state index in [1.54, 1.807) is 0 Å². The van der Waals surface area contributed by atoms with Crippen LogP contribution in [0.3, 0.4) is 0 Å². The van der Waals surface area contributed by atoms with Crippen LogP contribution in [0.2, 0.25) is 0 Å². The van der Waals surface area contributed by atoms with Crippen LogP contribution in [-0.4, -0.2) is 35.8 Å². The molecule has 4 nitrogen and oxygen atoms in total. The highest BCUT2D eigenvalue weighted by atomic mass is 16.2. The predicted molar refractivity (Wildman–Crippen MR) is 62.9 cm³/mol. The monoisotopic (exact) mass is 226 g/mol. The SMILES string of the molecule is CCCCN1CCC(=O)NC(C(C)C)C1=O. The molecule has 0 bridgehead atoms. The normalized spacial score (nSPS) is 22.2. The number of carbonyl (C=O) groups excluding carboxylic acids is 2. The van der Waals surface area contributed by atoms with Crippen molar-refractivity contribution in [1.82, 2.24) is 10.2 Å². The van der Waals surface area contributed by atoms with Crippen molar-refractivity contribution in [3.63, 3.8) is 0 Å². The topological polar surface area (TPSA) is 49.4 Å². The third-order valence-corrected chi connectivity index (χ3v) is 2.95. The van der Waals surface area contributed by atoms with Gasteiger partial charge in [0.2, 0.25) is 11.8 Å². The van der Waals surface area contributed by atoms with Gasteiger partial charge in [0.25, 0.3) is 0 Å². The standard InChI is InChI=1S/C12H22N2O2/c1-4-5-7-14-8-6-10(15)13-11(9(2)3)12(14)16/h9,11H,4-8H2,1-3H3,(H,13,15). The summed E-state index contributed by atoms with van der Waals surface area (Å²) in [5, 5.41) is 2.80. The van der Waals surface area contributed by atoms with Gasteiger partial charge in [0.1, 0.15) is 6.04 Å². The Bertz CT molecular complexity index is 264. The fraction of sp³-hybridized carbons (Fsp3) is 0.833. The molecule has 0 saturated carbocycles. The lowest BCUT2D eigenvalue weighted by atomic mass is 10.0. The summed E-state index contributed by atoms with van der Waals surface area (Å²) in [6.07, 6.45) is 2.50. The van der Waals surface area contributed by atoms with Crippen LogP contribution in [0, 0.1) is 5.92 Å². The van der Waals surface area contributed by atoms with E-state index in [9.17, 15) is 9.59 Å². The number of nitrogens with zero attached hydrogens (tertiary/aromatic N) is 1. The molecule has 0 aliphatic carbocycles. The number of hydrogen-bond acceptors (Lipinski definition) is 2. The Kier molecular flexibility index (Phi) is 4.77. The first-order valence-electron chi connectivity index (χ1n) is 6.14. The van der Waals surface area contributed by atoms with E-state index in [4.69, 9.17) is 0 Å². The summed E-state index contributed by atoms with van der Waals surface area (Å²) in [6.45, 7) is 7.37. The number of amides is 2. The smallest absolute Gasteiger partial charge is 0.245 e. The molecule has 0 spiro atoms. The molecule has 4 heteroatoms. The zero-order valence-corrected chi connectivity index (χ0v) is 10.5. The highest BCUT2D eigenvalue weighted by Crippen LogP contribution is 2.11. The van der Waals surface area contributed by atoms with Gasteiger partial charge >= 0.3 is 0 Å². The first kappa shape index (κ1) is 13.0. The molecular weight excluding hydrogens is 204 g/mol. The van der Waals surface area contributed by atoms with Crippen LogP contribution in [0.15, 0.2) is 0 Å². The van der Waals surface area contributed by atoms with E-state index >= 15 is 0 Å². The molecule has 1 aliphatic heterocycles. The minimum absolute atomic E-state index is 0.00829. The maximum absolute atomic E-state index is 12.1. The molecule has 0 aromatic carbocycles. The third-order valence-electron chi connectivity index (χ3n) is 2.95. The summed E-state index contributed by atoms with van der Waals surface area (Å²) in [7, 11) is 0. The van der Waals surface area contributed by atoms with Crippen LogP contribution in [0.4, 0.5) is 0 Å². The predicted octanol–water partition coefficient (Wildman–Crippen LogP) is 1.16. The highest BCUT2D eigenvalue weighted by Gasteiger charge is 2.31. The molecule has 1 rings (SSSR count). The fourth-order valence-corrected chi connectivity index (χ4v) is 1.87. The number of unbranched alkanes of at least 4 members (excludes halogenated alkanes) is 1. The Balaban J connectivity index is 2.71. The quantitative estimate of drug-likeness (QED) is 0.782. The zero-order valence-electron chi connectivity index (χ0n) is 10.5. The molecule has 92 valence electrons. The second kappa shape index (κ2) is 5.87. The van der Waals surface area contributed by atoms with Gasteiger partial charge in [0.05, 0.1) is 0 Å². The van der Waals surface area contributed by atoms with Crippen LogP contribution in [0.25, 0.3) is 0 Å². The molecule has 16 heavy (non-hydrogen) atoms. The molecule has 1 saturated heterocycles. The Hall–Kier alpha value is -1.06. The lowest BCUT2D eigenvalue weighted by Gasteiger charge is -2.25. The van der Waals surface area contributed by atoms with Crippen LogP contribution in [0.1, 0.15) is 40.0 Å². The van der Waals surface area contributed by atoms with Crippen molar-refractivity contribution in [2.75, 3.05) is 13.1 Å². The molecule has 1 heterocycles. The summed E-state index contributed by atoms with van der Waals surface area (Å²) >= 11 is 0. The maximum atomic E-state index is 12.1. The number of carbonyl (C=O) groups is 2. The zero-order chi connectivity index (χ0) is 12.1. The van der Waals surface area contributed by atoms with Crippen molar-refractivity contribution in [1.29, 1.82) is 0 Å². The molecule has 0 radical (unpaired) electrons. The van der Waals surface area contributed by atoms with Gasteiger partial charge in [0, 0.05) is 19.5 Å². The maximum Gasteiger partial charge on any atom is 0.245 e. The van der Waals surface area contributed by atoms with Crippen molar-refractivity contribution in [2.45, 2.75) is 46.1 Å². The molecule has 0 aromatic heterocycles. The van der Waals surface area contributed by atoms with Crippen molar-refractivity contribution in [2.24, 2.45) is 5.92 Å². The Morgan fingerprint density at radius 2 is 2.12 bits per heavy atom. The van der Waals surface area contributed by atoms with Gasteiger partial charge in [-0.05, 0) is 12.3 Å². The third kappa shape index (κ3) is 3.22. The Morgan fingerprint density at radius 3 is 2.69 bits per heavy atom. The molecule has 2 amide bonds.